The maximum Gasteiger partial charge on any atom is 0.417 e. The monoisotopic (exact) mass is 330 g/mol. The van der Waals surface area contributed by atoms with Crippen molar-refractivity contribution in [3.63, 3.8) is 0 Å². The van der Waals surface area contributed by atoms with Crippen LogP contribution in [0.25, 0.3) is 0 Å². The number of fused-ring (bicyclic) bond motifs is 1. The normalized spacial score (nSPS) is 25.3. The summed E-state index contributed by atoms with van der Waals surface area (Å²) < 4.78 is 37.5. The fourth-order valence-electron chi connectivity index (χ4n) is 3.18. The molecule has 9 heteroatoms. The van der Waals surface area contributed by atoms with Crippen molar-refractivity contribution in [2.24, 2.45) is 0 Å². The van der Waals surface area contributed by atoms with Gasteiger partial charge < -0.3 is 15.3 Å². The van der Waals surface area contributed by atoms with Gasteiger partial charge in [0, 0.05) is 44.5 Å². The van der Waals surface area contributed by atoms with E-state index < -0.39 is 17.8 Å². The molecule has 0 aromatic carbocycles. The molecule has 1 aromatic rings. The van der Waals surface area contributed by atoms with Crippen LogP contribution in [-0.4, -0.2) is 64.2 Å². The van der Waals surface area contributed by atoms with E-state index >= 15 is 0 Å². The van der Waals surface area contributed by atoms with E-state index in [1.54, 1.807) is 0 Å². The van der Waals surface area contributed by atoms with E-state index in [1.165, 1.54) is 11.0 Å². The molecule has 2 atom stereocenters. The summed E-state index contributed by atoms with van der Waals surface area (Å²) in [5.74, 6) is 0.401. The Labute approximate surface area is 130 Å². The number of anilines is 1. The molecule has 2 saturated heterocycles. The molecule has 0 saturated carbocycles. The lowest BCUT2D eigenvalue weighted by Gasteiger charge is -2.35. The second kappa shape index (κ2) is 5.88. The van der Waals surface area contributed by atoms with Crippen LogP contribution in [0, 0.1) is 0 Å². The number of piperazine rings is 1. The first-order valence-electron chi connectivity index (χ1n) is 7.34. The molecular weight excluding hydrogens is 313 g/mol. The zero-order chi connectivity index (χ0) is 16.6. The van der Waals surface area contributed by atoms with Gasteiger partial charge in [-0.1, -0.05) is 0 Å². The topological polar surface area (TPSA) is 68.7 Å². The summed E-state index contributed by atoms with van der Waals surface area (Å²) in [7, 11) is 0. The van der Waals surface area contributed by atoms with Gasteiger partial charge in [0.2, 0.25) is 0 Å². The highest BCUT2D eigenvalue weighted by atomic mass is 19.4. The molecule has 0 radical (unpaired) electrons. The number of halogens is 3. The van der Waals surface area contributed by atoms with E-state index in [0.29, 0.717) is 25.5 Å². The van der Waals surface area contributed by atoms with Crippen LogP contribution in [0.1, 0.15) is 12.0 Å². The first kappa shape index (κ1) is 15.9. The van der Waals surface area contributed by atoms with Crippen LogP contribution in [-0.2, 0) is 6.18 Å². The molecule has 2 N–H and O–H groups in total. The summed E-state index contributed by atoms with van der Waals surface area (Å²) in [6, 6.07) is 2.53. The third-order valence-electron chi connectivity index (χ3n) is 4.33. The number of pyridine rings is 1. The first-order chi connectivity index (χ1) is 10.8. The molecule has 0 spiro atoms. The maximum absolute atomic E-state index is 12.5. The van der Waals surface area contributed by atoms with Crippen molar-refractivity contribution >= 4 is 11.9 Å². The molecule has 0 aliphatic carbocycles. The molecular formula is C14H17F3N4O2. The molecule has 1 amide bonds. The van der Waals surface area contributed by atoms with Crippen LogP contribution in [0.3, 0.4) is 0 Å². The predicted octanol–water partition coefficient (Wildman–Crippen LogP) is 1.95. The van der Waals surface area contributed by atoms with Gasteiger partial charge in [0.15, 0.2) is 0 Å². The van der Waals surface area contributed by atoms with Gasteiger partial charge in [-0.25, -0.2) is 9.78 Å². The first-order valence-corrected chi connectivity index (χ1v) is 7.34. The van der Waals surface area contributed by atoms with Gasteiger partial charge in [-0.15, -0.1) is 0 Å². The summed E-state index contributed by atoms with van der Waals surface area (Å²) >= 11 is 0. The lowest BCUT2D eigenvalue weighted by atomic mass is 10.1. The van der Waals surface area contributed by atoms with E-state index in [-0.39, 0.29) is 12.1 Å². The standard InChI is InChI=1S/C14H17F3N4O2/c15-14(16,17)9-1-2-12(18-6-9)19-10-5-11-8-21(13(22)23)4-3-20(11)7-10/h1-2,6,10-11H,3-5,7-8H2,(H,18,19)(H,22,23)/t10-,11-/m0/s1. The van der Waals surface area contributed by atoms with Crippen LogP contribution >= 0.6 is 0 Å². The van der Waals surface area contributed by atoms with Gasteiger partial charge in [0.05, 0.1) is 5.56 Å². The van der Waals surface area contributed by atoms with Gasteiger partial charge in [-0.3, -0.25) is 4.90 Å². The Morgan fingerprint density at radius 1 is 1.30 bits per heavy atom. The minimum Gasteiger partial charge on any atom is -0.465 e. The predicted molar refractivity (Wildman–Crippen MR) is 76.2 cm³/mol. The van der Waals surface area contributed by atoms with E-state index in [4.69, 9.17) is 5.11 Å². The number of hydrogen-bond acceptors (Lipinski definition) is 4. The van der Waals surface area contributed by atoms with Crippen molar-refractivity contribution in [1.29, 1.82) is 0 Å². The average molecular weight is 330 g/mol. The molecule has 23 heavy (non-hydrogen) atoms. The van der Waals surface area contributed by atoms with Gasteiger partial charge >= 0.3 is 12.3 Å². The van der Waals surface area contributed by atoms with Gasteiger partial charge in [-0.2, -0.15) is 13.2 Å². The maximum atomic E-state index is 12.5. The minimum absolute atomic E-state index is 0.0537. The van der Waals surface area contributed by atoms with Crippen molar-refractivity contribution in [2.45, 2.75) is 24.7 Å². The average Bonchev–Trinajstić information content (AvgIpc) is 2.87. The zero-order valence-corrected chi connectivity index (χ0v) is 12.3. The lowest BCUT2D eigenvalue weighted by Crippen LogP contribution is -2.51. The van der Waals surface area contributed by atoms with Gasteiger partial charge in [0.25, 0.3) is 0 Å². The molecule has 2 aliphatic heterocycles. The van der Waals surface area contributed by atoms with Crippen molar-refractivity contribution in [3.05, 3.63) is 23.9 Å². The fraction of sp³-hybridized carbons (Fsp3) is 0.571. The van der Waals surface area contributed by atoms with E-state index in [9.17, 15) is 18.0 Å². The molecule has 0 unspecified atom stereocenters. The fourth-order valence-corrected chi connectivity index (χ4v) is 3.18. The highest BCUT2D eigenvalue weighted by Gasteiger charge is 2.37. The lowest BCUT2D eigenvalue weighted by molar-refractivity contribution is -0.137. The van der Waals surface area contributed by atoms with Crippen LogP contribution in [0.4, 0.5) is 23.8 Å². The number of hydrogen-bond donors (Lipinski definition) is 2. The number of aromatic nitrogens is 1. The van der Waals surface area contributed by atoms with Crippen LogP contribution < -0.4 is 5.32 Å². The SMILES string of the molecule is O=C(O)N1CCN2C[C@@H](Nc3ccc(C(F)(F)F)cn3)C[C@H]2C1. The number of nitrogens with zero attached hydrogens (tertiary/aromatic N) is 3. The van der Waals surface area contributed by atoms with Crippen molar-refractivity contribution < 1.29 is 23.1 Å². The second-order valence-corrected chi connectivity index (χ2v) is 5.88. The molecule has 3 rings (SSSR count). The number of carbonyl (C=O) groups is 1. The van der Waals surface area contributed by atoms with Crippen molar-refractivity contribution in [1.82, 2.24) is 14.8 Å². The number of alkyl halides is 3. The number of amides is 1. The third-order valence-corrected chi connectivity index (χ3v) is 4.33. The summed E-state index contributed by atoms with van der Waals surface area (Å²) in [4.78, 5) is 18.4. The highest BCUT2D eigenvalue weighted by molar-refractivity contribution is 5.65. The van der Waals surface area contributed by atoms with Crippen molar-refractivity contribution in [2.75, 3.05) is 31.5 Å². The number of rotatable bonds is 2. The highest BCUT2D eigenvalue weighted by Crippen LogP contribution is 2.29. The Kier molecular flexibility index (Phi) is 4.05. The Balaban J connectivity index is 1.59. The molecule has 6 nitrogen and oxygen atoms in total. The number of carboxylic acid groups (broad SMARTS) is 1. The Hall–Kier alpha value is -2.03. The molecule has 126 valence electrons. The van der Waals surface area contributed by atoms with E-state index in [2.05, 4.69) is 15.2 Å². The minimum atomic E-state index is -4.39. The zero-order valence-electron chi connectivity index (χ0n) is 12.3. The number of nitrogens with one attached hydrogen (secondary N) is 1. The molecule has 2 fully saturated rings. The molecule has 2 aliphatic rings. The van der Waals surface area contributed by atoms with E-state index in [1.807, 2.05) is 0 Å². The summed E-state index contributed by atoms with van der Waals surface area (Å²) in [6.45, 7) is 2.36. The quantitative estimate of drug-likeness (QED) is 0.867. The molecule has 3 heterocycles. The van der Waals surface area contributed by atoms with Crippen LogP contribution in [0.5, 0.6) is 0 Å². The Bertz CT molecular complexity index is 578. The molecule has 1 aromatic heterocycles. The third kappa shape index (κ3) is 3.49. The van der Waals surface area contributed by atoms with Gasteiger partial charge in [-0.05, 0) is 18.6 Å². The molecule has 0 bridgehead atoms. The smallest absolute Gasteiger partial charge is 0.417 e. The summed E-state index contributed by atoms with van der Waals surface area (Å²) in [5.41, 5.74) is -0.774. The Morgan fingerprint density at radius 3 is 2.70 bits per heavy atom. The van der Waals surface area contributed by atoms with Crippen LogP contribution in [0.2, 0.25) is 0 Å². The Morgan fingerprint density at radius 2 is 2.09 bits per heavy atom. The van der Waals surface area contributed by atoms with Crippen molar-refractivity contribution in [3.8, 4) is 0 Å². The van der Waals surface area contributed by atoms with Gasteiger partial charge in [0.1, 0.15) is 5.82 Å². The summed E-state index contributed by atoms with van der Waals surface area (Å²) in [5, 5.41) is 12.2. The van der Waals surface area contributed by atoms with E-state index in [0.717, 1.165) is 25.2 Å². The largest absolute Gasteiger partial charge is 0.465 e. The second-order valence-electron chi connectivity index (χ2n) is 5.88. The summed E-state index contributed by atoms with van der Waals surface area (Å²) in [6.07, 6.45) is -3.74. The van der Waals surface area contributed by atoms with Crippen LogP contribution in [0.15, 0.2) is 18.3 Å².